The average molecular weight is 222 g/mol. The third kappa shape index (κ3) is 3.69. The van der Waals surface area contributed by atoms with Gasteiger partial charge >= 0.3 is 6.18 Å². The number of rotatable bonds is 1. The molecular weight excluding hydrogens is 212 g/mol. The molecule has 1 aromatic rings. The van der Waals surface area contributed by atoms with Gasteiger partial charge in [0.25, 0.3) is 0 Å². The highest BCUT2D eigenvalue weighted by Gasteiger charge is 2.34. The highest BCUT2D eigenvalue weighted by atomic mass is 19.4. The van der Waals surface area contributed by atoms with Crippen molar-refractivity contribution in [3.63, 3.8) is 0 Å². The molecule has 0 unspecified atom stereocenters. The van der Waals surface area contributed by atoms with Crippen LogP contribution < -0.4 is 0 Å². The van der Waals surface area contributed by atoms with Gasteiger partial charge in [-0.05, 0) is 18.2 Å². The number of carbonyl (C=O) groups is 1. The molecule has 0 saturated heterocycles. The van der Waals surface area contributed by atoms with Gasteiger partial charge in [-0.25, -0.2) is 4.39 Å². The maximum atomic E-state index is 12.6. The Morgan fingerprint density at radius 1 is 1.20 bits per heavy atom. The molecular formula is C10H10F4O. The van der Waals surface area contributed by atoms with Crippen molar-refractivity contribution in [3.8, 4) is 0 Å². The molecule has 0 amide bonds. The molecule has 0 fully saturated rings. The fraction of sp³-hybridized carbons (Fsp3) is 0.300. The minimum atomic E-state index is -4.76. The summed E-state index contributed by atoms with van der Waals surface area (Å²) in [5.74, 6) is -1.38. The first-order chi connectivity index (χ1) is 6.95. The largest absolute Gasteiger partial charge is 0.419 e. The number of alkyl halides is 3. The minimum Gasteiger partial charge on any atom is -0.298 e. The SMILES string of the molecule is CC.O=Cc1ccc(F)c(C(F)(F)F)c1. The number of benzene rings is 1. The first-order valence-corrected chi connectivity index (χ1v) is 4.27. The smallest absolute Gasteiger partial charge is 0.298 e. The fourth-order valence-corrected chi connectivity index (χ4v) is 0.833. The Hall–Kier alpha value is -1.39. The second kappa shape index (κ2) is 5.48. The Balaban J connectivity index is 0.000000921. The van der Waals surface area contributed by atoms with Crippen molar-refractivity contribution in [1.29, 1.82) is 0 Å². The van der Waals surface area contributed by atoms with E-state index in [1.807, 2.05) is 13.8 Å². The van der Waals surface area contributed by atoms with Crippen LogP contribution in [0.2, 0.25) is 0 Å². The summed E-state index contributed by atoms with van der Waals surface area (Å²) in [6, 6.07) is 2.08. The molecule has 1 nitrogen and oxygen atoms in total. The van der Waals surface area contributed by atoms with Gasteiger partial charge in [-0.15, -0.1) is 0 Å². The normalized spacial score (nSPS) is 10.3. The van der Waals surface area contributed by atoms with Crippen LogP contribution in [0.25, 0.3) is 0 Å². The quantitative estimate of drug-likeness (QED) is 0.523. The Bertz CT molecular complexity index is 331. The minimum absolute atomic E-state index is 0.200. The number of hydrogen-bond donors (Lipinski definition) is 0. The van der Waals surface area contributed by atoms with Gasteiger partial charge < -0.3 is 0 Å². The Morgan fingerprint density at radius 3 is 2.13 bits per heavy atom. The summed E-state index contributed by atoms with van der Waals surface area (Å²) in [5.41, 5.74) is -1.62. The molecule has 0 aliphatic heterocycles. The standard InChI is InChI=1S/C8H4F4O.C2H6/c9-7-2-1-5(4-13)3-6(7)8(10,11)12;1-2/h1-4H;1-2H3. The van der Waals surface area contributed by atoms with Crippen molar-refractivity contribution in [2.24, 2.45) is 0 Å². The molecule has 5 heteroatoms. The lowest BCUT2D eigenvalue weighted by Gasteiger charge is -2.07. The molecule has 84 valence electrons. The number of hydrogen-bond acceptors (Lipinski definition) is 1. The molecule has 0 N–H and O–H groups in total. The Morgan fingerprint density at radius 2 is 1.73 bits per heavy atom. The van der Waals surface area contributed by atoms with Gasteiger partial charge in [-0.1, -0.05) is 13.8 Å². The highest BCUT2D eigenvalue weighted by Crippen LogP contribution is 2.31. The average Bonchev–Trinajstić information content (AvgIpc) is 2.20. The molecule has 0 spiro atoms. The lowest BCUT2D eigenvalue weighted by molar-refractivity contribution is -0.140. The van der Waals surface area contributed by atoms with Gasteiger partial charge in [-0.2, -0.15) is 13.2 Å². The number of carbonyl (C=O) groups excluding carboxylic acids is 1. The first-order valence-electron chi connectivity index (χ1n) is 4.27. The van der Waals surface area contributed by atoms with Crippen molar-refractivity contribution in [1.82, 2.24) is 0 Å². The van der Waals surface area contributed by atoms with Crippen molar-refractivity contribution in [3.05, 3.63) is 35.1 Å². The second-order valence-electron chi connectivity index (χ2n) is 2.35. The van der Waals surface area contributed by atoms with Crippen LogP contribution in [-0.4, -0.2) is 6.29 Å². The molecule has 1 rings (SSSR count). The van der Waals surface area contributed by atoms with E-state index in [0.29, 0.717) is 12.1 Å². The van der Waals surface area contributed by atoms with E-state index in [2.05, 4.69) is 0 Å². The van der Waals surface area contributed by atoms with E-state index in [-0.39, 0.29) is 11.8 Å². The van der Waals surface area contributed by atoms with E-state index in [0.717, 1.165) is 6.07 Å². The summed E-state index contributed by atoms with van der Waals surface area (Å²) in [5, 5.41) is 0. The third-order valence-electron chi connectivity index (χ3n) is 1.43. The van der Waals surface area contributed by atoms with Gasteiger partial charge in [0.1, 0.15) is 12.1 Å². The third-order valence-corrected chi connectivity index (χ3v) is 1.43. The molecule has 0 radical (unpaired) electrons. The van der Waals surface area contributed by atoms with Crippen molar-refractivity contribution in [2.45, 2.75) is 20.0 Å². The van der Waals surface area contributed by atoms with Crippen LogP contribution in [0.15, 0.2) is 18.2 Å². The molecule has 15 heavy (non-hydrogen) atoms. The zero-order valence-electron chi connectivity index (χ0n) is 8.23. The first kappa shape index (κ1) is 13.6. The van der Waals surface area contributed by atoms with Crippen molar-refractivity contribution in [2.75, 3.05) is 0 Å². The summed E-state index contributed by atoms with van der Waals surface area (Å²) in [6.45, 7) is 4.00. The van der Waals surface area contributed by atoms with E-state index >= 15 is 0 Å². The second-order valence-corrected chi connectivity index (χ2v) is 2.35. The predicted molar refractivity (Wildman–Crippen MR) is 48.1 cm³/mol. The molecule has 0 bridgehead atoms. The van der Waals surface area contributed by atoms with E-state index in [9.17, 15) is 22.4 Å². The molecule has 1 aromatic carbocycles. The van der Waals surface area contributed by atoms with Crippen LogP contribution in [0, 0.1) is 5.82 Å². The highest BCUT2D eigenvalue weighted by molar-refractivity contribution is 5.75. The zero-order chi connectivity index (χ0) is 12.1. The van der Waals surface area contributed by atoms with Gasteiger partial charge in [0.05, 0.1) is 5.56 Å². The van der Waals surface area contributed by atoms with Gasteiger partial charge in [-0.3, -0.25) is 4.79 Å². The summed E-state index contributed by atoms with van der Waals surface area (Å²) < 4.78 is 48.6. The zero-order valence-corrected chi connectivity index (χ0v) is 8.23. The summed E-state index contributed by atoms with van der Waals surface area (Å²) >= 11 is 0. The van der Waals surface area contributed by atoms with E-state index in [1.54, 1.807) is 0 Å². The molecule has 0 aliphatic rings. The molecule has 0 aliphatic carbocycles. The summed E-state index contributed by atoms with van der Waals surface area (Å²) in [6.07, 6.45) is -4.53. The van der Waals surface area contributed by atoms with Crippen LogP contribution >= 0.6 is 0 Å². The van der Waals surface area contributed by atoms with Crippen molar-refractivity contribution < 1.29 is 22.4 Å². The molecule has 0 heterocycles. The van der Waals surface area contributed by atoms with Gasteiger partial charge in [0.2, 0.25) is 0 Å². The maximum Gasteiger partial charge on any atom is 0.419 e. The van der Waals surface area contributed by atoms with Crippen LogP contribution in [-0.2, 0) is 6.18 Å². The van der Waals surface area contributed by atoms with E-state index in [4.69, 9.17) is 0 Å². The topological polar surface area (TPSA) is 17.1 Å². The fourth-order valence-electron chi connectivity index (χ4n) is 0.833. The number of halogens is 4. The van der Waals surface area contributed by atoms with Crippen LogP contribution in [0.4, 0.5) is 17.6 Å². The summed E-state index contributed by atoms with van der Waals surface area (Å²) in [7, 11) is 0. The Labute approximate surface area is 84.7 Å². The Kier molecular flexibility index (Phi) is 4.97. The lowest BCUT2D eigenvalue weighted by atomic mass is 10.1. The van der Waals surface area contributed by atoms with Crippen molar-refractivity contribution >= 4 is 6.29 Å². The van der Waals surface area contributed by atoms with Crippen LogP contribution in [0.1, 0.15) is 29.8 Å². The molecule has 0 saturated carbocycles. The molecule has 0 atom stereocenters. The molecule has 0 aromatic heterocycles. The maximum absolute atomic E-state index is 12.6. The van der Waals surface area contributed by atoms with Crippen LogP contribution in [0.5, 0.6) is 0 Å². The van der Waals surface area contributed by atoms with E-state index < -0.39 is 17.6 Å². The lowest BCUT2D eigenvalue weighted by Crippen LogP contribution is -2.08. The van der Waals surface area contributed by atoms with Crippen LogP contribution in [0.3, 0.4) is 0 Å². The number of aldehydes is 1. The van der Waals surface area contributed by atoms with Gasteiger partial charge in [0, 0.05) is 5.56 Å². The van der Waals surface area contributed by atoms with Gasteiger partial charge in [0.15, 0.2) is 0 Å². The predicted octanol–water partition coefficient (Wildman–Crippen LogP) is 3.68. The summed E-state index contributed by atoms with van der Waals surface area (Å²) in [4.78, 5) is 10.1. The monoisotopic (exact) mass is 222 g/mol. The van der Waals surface area contributed by atoms with E-state index in [1.165, 1.54) is 0 Å².